The number of fused-ring (bicyclic) bond motifs is 1. The molecule has 3 aromatic rings. The maximum absolute atomic E-state index is 13.5. The minimum Gasteiger partial charge on any atom is -0.483 e. The monoisotopic (exact) mass is 578 g/mol. The third kappa shape index (κ3) is 6.69. The number of hydrogen-bond donors (Lipinski definition) is 1. The molecule has 1 N–H and O–H groups in total. The fourth-order valence-corrected chi connectivity index (χ4v) is 4.89. The second-order valence-electron chi connectivity index (χ2n) is 8.35. The molecule has 35 heavy (non-hydrogen) atoms. The Morgan fingerprint density at radius 1 is 1.00 bits per heavy atom. The third-order valence-electron chi connectivity index (χ3n) is 5.96. The lowest BCUT2D eigenvalue weighted by Crippen LogP contribution is -2.51. The summed E-state index contributed by atoms with van der Waals surface area (Å²) in [5.41, 5.74) is 0.589. The molecular weight excluding hydrogens is 551 g/mol. The number of benzene rings is 3. The van der Waals surface area contributed by atoms with Crippen molar-refractivity contribution in [2.45, 2.75) is 52.2 Å². The molecule has 3 aromatic carbocycles. The zero-order chi connectivity index (χ0) is 25.5. The molecule has 0 unspecified atom stereocenters. The predicted molar refractivity (Wildman–Crippen MR) is 146 cm³/mol. The lowest BCUT2D eigenvalue weighted by Gasteiger charge is -2.32. The van der Waals surface area contributed by atoms with Gasteiger partial charge in [0.2, 0.25) is 5.91 Å². The van der Waals surface area contributed by atoms with Gasteiger partial charge >= 0.3 is 0 Å². The standard InChI is InChI=1S/C27H29BrCl2N2O3/c1-4-17(3)31-27(34)23(5-2)32(15-20-21(29)11-8-12-22(20)30)25(33)16-35-24-14-13-18-9-6-7-10-19(18)26(24)28/h6-14,17,23H,4-5,15-16H2,1-3H3,(H,31,34)/t17-,23-/m1/s1. The average Bonchev–Trinajstić information content (AvgIpc) is 2.85. The predicted octanol–water partition coefficient (Wildman–Crippen LogP) is 7.01. The first-order chi connectivity index (χ1) is 16.8. The largest absolute Gasteiger partial charge is 0.483 e. The van der Waals surface area contributed by atoms with Crippen molar-refractivity contribution in [1.29, 1.82) is 0 Å². The molecule has 0 aliphatic carbocycles. The molecule has 0 saturated heterocycles. The van der Waals surface area contributed by atoms with Crippen LogP contribution in [0.3, 0.4) is 0 Å². The summed E-state index contributed by atoms with van der Waals surface area (Å²) >= 11 is 16.4. The first-order valence-electron chi connectivity index (χ1n) is 11.6. The van der Waals surface area contributed by atoms with E-state index >= 15 is 0 Å². The molecule has 5 nitrogen and oxygen atoms in total. The lowest BCUT2D eigenvalue weighted by atomic mass is 10.1. The third-order valence-corrected chi connectivity index (χ3v) is 7.48. The van der Waals surface area contributed by atoms with Gasteiger partial charge < -0.3 is 15.0 Å². The van der Waals surface area contributed by atoms with Crippen LogP contribution in [-0.4, -0.2) is 35.4 Å². The summed E-state index contributed by atoms with van der Waals surface area (Å²) in [6, 6.07) is 16.1. The highest BCUT2D eigenvalue weighted by atomic mass is 79.9. The normalized spacial score (nSPS) is 12.7. The van der Waals surface area contributed by atoms with Crippen LogP contribution < -0.4 is 10.1 Å². The molecule has 0 fully saturated rings. The topological polar surface area (TPSA) is 58.6 Å². The number of amides is 2. The van der Waals surface area contributed by atoms with E-state index < -0.39 is 6.04 Å². The number of nitrogens with zero attached hydrogens (tertiary/aromatic N) is 1. The maximum Gasteiger partial charge on any atom is 0.261 e. The van der Waals surface area contributed by atoms with Crippen molar-refractivity contribution in [3.8, 4) is 5.75 Å². The van der Waals surface area contributed by atoms with Crippen molar-refractivity contribution in [3.05, 3.63) is 74.7 Å². The van der Waals surface area contributed by atoms with Gasteiger partial charge in [0.15, 0.2) is 6.61 Å². The van der Waals surface area contributed by atoms with E-state index in [9.17, 15) is 9.59 Å². The highest BCUT2D eigenvalue weighted by Crippen LogP contribution is 2.33. The molecule has 2 amide bonds. The Bertz CT molecular complexity index is 1180. The van der Waals surface area contributed by atoms with E-state index in [2.05, 4.69) is 21.2 Å². The van der Waals surface area contributed by atoms with Crippen LogP contribution >= 0.6 is 39.1 Å². The van der Waals surface area contributed by atoms with Crippen LogP contribution in [0.25, 0.3) is 10.8 Å². The highest BCUT2D eigenvalue weighted by Gasteiger charge is 2.30. The zero-order valence-electron chi connectivity index (χ0n) is 20.0. The summed E-state index contributed by atoms with van der Waals surface area (Å²) in [7, 11) is 0. The lowest BCUT2D eigenvalue weighted by molar-refractivity contribution is -0.143. The van der Waals surface area contributed by atoms with E-state index in [1.807, 2.05) is 57.2 Å². The number of halogens is 3. The molecule has 0 saturated carbocycles. The first-order valence-corrected chi connectivity index (χ1v) is 13.1. The van der Waals surface area contributed by atoms with Gasteiger partial charge in [-0.1, -0.05) is 73.4 Å². The summed E-state index contributed by atoms with van der Waals surface area (Å²) in [6.45, 7) is 5.64. The minimum absolute atomic E-state index is 0.0118. The summed E-state index contributed by atoms with van der Waals surface area (Å²) in [4.78, 5) is 28.1. The first kappa shape index (κ1) is 27.3. The summed E-state index contributed by atoms with van der Waals surface area (Å²) in [6.07, 6.45) is 1.21. The number of rotatable bonds is 10. The molecular formula is C27H29BrCl2N2O3. The average molecular weight is 580 g/mol. The van der Waals surface area contributed by atoms with E-state index in [4.69, 9.17) is 27.9 Å². The second-order valence-corrected chi connectivity index (χ2v) is 9.96. The van der Waals surface area contributed by atoms with Gasteiger partial charge in [0, 0.05) is 28.2 Å². The van der Waals surface area contributed by atoms with Gasteiger partial charge in [-0.2, -0.15) is 0 Å². The van der Waals surface area contributed by atoms with Gasteiger partial charge in [-0.05, 0) is 64.7 Å². The van der Waals surface area contributed by atoms with Crippen LogP contribution in [0.5, 0.6) is 5.75 Å². The zero-order valence-corrected chi connectivity index (χ0v) is 23.1. The molecule has 186 valence electrons. The number of carbonyl (C=O) groups is 2. The number of carbonyl (C=O) groups excluding carboxylic acids is 2. The summed E-state index contributed by atoms with van der Waals surface area (Å²) in [5, 5.41) is 5.90. The van der Waals surface area contributed by atoms with Crippen LogP contribution in [-0.2, 0) is 16.1 Å². The number of ether oxygens (including phenoxy) is 1. The minimum atomic E-state index is -0.701. The van der Waals surface area contributed by atoms with Crippen LogP contribution in [0.4, 0.5) is 0 Å². The maximum atomic E-state index is 13.5. The molecule has 0 bridgehead atoms. The van der Waals surface area contributed by atoms with Gasteiger partial charge in [-0.15, -0.1) is 0 Å². The quantitative estimate of drug-likeness (QED) is 0.281. The van der Waals surface area contributed by atoms with Gasteiger partial charge in [0.25, 0.3) is 5.91 Å². The highest BCUT2D eigenvalue weighted by molar-refractivity contribution is 9.10. The number of hydrogen-bond acceptors (Lipinski definition) is 3. The van der Waals surface area contributed by atoms with Gasteiger partial charge in [-0.3, -0.25) is 9.59 Å². The Kier molecular flexibility index (Phi) is 9.84. The molecule has 8 heteroatoms. The fraction of sp³-hybridized carbons (Fsp3) is 0.333. The Hall–Kier alpha value is -2.28. The van der Waals surface area contributed by atoms with Crippen molar-refractivity contribution in [2.75, 3.05) is 6.61 Å². The molecule has 0 heterocycles. The molecule has 2 atom stereocenters. The Morgan fingerprint density at radius 2 is 1.69 bits per heavy atom. The summed E-state index contributed by atoms with van der Waals surface area (Å²) < 4.78 is 6.70. The summed E-state index contributed by atoms with van der Waals surface area (Å²) in [5.74, 6) is -0.0117. The second kappa shape index (κ2) is 12.6. The van der Waals surface area contributed by atoms with Gasteiger partial charge in [-0.25, -0.2) is 0 Å². The van der Waals surface area contributed by atoms with Crippen molar-refractivity contribution in [1.82, 2.24) is 10.2 Å². The Morgan fingerprint density at radius 3 is 2.34 bits per heavy atom. The molecule has 3 rings (SSSR count). The smallest absolute Gasteiger partial charge is 0.261 e. The van der Waals surface area contributed by atoms with E-state index in [1.54, 1.807) is 18.2 Å². The van der Waals surface area contributed by atoms with Gasteiger partial charge in [0.05, 0.1) is 4.47 Å². The van der Waals surface area contributed by atoms with E-state index in [-0.39, 0.29) is 31.0 Å². The van der Waals surface area contributed by atoms with Crippen molar-refractivity contribution >= 4 is 61.7 Å². The van der Waals surface area contributed by atoms with E-state index in [0.29, 0.717) is 27.8 Å². The van der Waals surface area contributed by atoms with Crippen molar-refractivity contribution in [2.24, 2.45) is 0 Å². The van der Waals surface area contributed by atoms with Crippen molar-refractivity contribution < 1.29 is 14.3 Å². The van der Waals surface area contributed by atoms with E-state index in [0.717, 1.165) is 21.7 Å². The Labute approximate surface area is 224 Å². The van der Waals surface area contributed by atoms with E-state index in [1.165, 1.54) is 4.90 Å². The molecule has 0 aliphatic heterocycles. The Balaban J connectivity index is 1.88. The fourth-order valence-electron chi connectivity index (χ4n) is 3.76. The molecule has 0 spiro atoms. The van der Waals surface area contributed by atoms with Crippen LogP contribution in [0.1, 0.15) is 39.2 Å². The molecule has 0 radical (unpaired) electrons. The number of nitrogens with one attached hydrogen (secondary N) is 1. The van der Waals surface area contributed by atoms with Crippen molar-refractivity contribution in [3.63, 3.8) is 0 Å². The van der Waals surface area contributed by atoms with Crippen LogP contribution in [0.2, 0.25) is 10.0 Å². The van der Waals surface area contributed by atoms with Gasteiger partial charge in [0.1, 0.15) is 11.8 Å². The van der Waals surface area contributed by atoms with Crippen LogP contribution in [0.15, 0.2) is 59.1 Å². The SMILES string of the molecule is CC[C@@H](C)NC(=O)[C@@H](CC)N(Cc1c(Cl)cccc1Cl)C(=O)COc1ccc2ccccc2c1Br. The van der Waals surface area contributed by atoms with Crippen LogP contribution in [0, 0.1) is 0 Å². The molecule has 0 aliphatic rings. The molecule has 0 aromatic heterocycles.